The van der Waals surface area contributed by atoms with Crippen LogP contribution in [0.4, 0.5) is 0 Å². The highest BCUT2D eigenvalue weighted by molar-refractivity contribution is 7.12. The van der Waals surface area contributed by atoms with Crippen LogP contribution in [0.15, 0.2) is 0 Å². The maximum atomic E-state index is 9.00. The molecule has 0 aliphatic heterocycles. The molecule has 0 aliphatic carbocycles. The molecule has 1 rings (SSSR count). The molecule has 0 saturated heterocycles. The van der Waals surface area contributed by atoms with Gasteiger partial charge in [-0.3, -0.25) is 0 Å². The van der Waals surface area contributed by atoms with Crippen molar-refractivity contribution >= 4 is 11.3 Å². The van der Waals surface area contributed by atoms with E-state index in [9.17, 15) is 0 Å². The third kappa shape index (κ3) is 1.96. The molecule has 1 aromatic rings. The summed E-state index contributed by atoms with van der Waals surface area (Å²) in [4.78, 5) is 5.77. The van der Waals surface area contributed by atoms with Crippen LogP contribution in [-0.4, -0.2) is 4.98 Å². The fourth-order valence-corrected chi connectivity index (χ4v) is 2.38. The van der Waals surface area contributed by atoms with Gasteiger partial charge in [0.25, 0.3) is 0 Å². The van der Waals surface area contributed by atoms with Crippen molar-refractivity contribution in [1.82, 2.24) is 4.98 Å². The SMILES string of the molecule is Cc1nc(C(C)(C)C#N)sc1C(C)C. The van der Waals surface area contributed by atoms with Gasteiger partial charge >= 0.3 is 0 Å². The molecule has 3 heteroatoms. The van der Waals surface area contributed by atoms with Crippen molar-refractivity contribution < 1.29 is 0 Å². The van der Waals surface area contributed by atoms with E-state index in [1.807, 2.05) is 20.8 Å². The van der Waals surface area contributed by atoms with E-state index in [0.29, 0.717) is 5.92 Å². The van der Waals surface area contributed by atoms with Gasteiger partial charge in [0, 0.05) is 4.88 Å². The molecule has 0 spiro atoms. The van der Waals surface area contributed by atoms with E-state index >= 15 is 0 Å². The molecule has 0 aliphatic rings. The van der Waals surface area contributed by atoms with Gasteiger partial charge < -0.3 is 0 Å². The Kier molecular flexibility index (Phi) is 2.96. The van der Waals surface area contributed by atoms with Crippen molar-refractivity contribution in [2.24, 2.45) is 0 Å². The van der Waals surface area contributed by atoms with Crippen LogP contribution >= 0.6 is 11.3 Å². The molecule has 0 aromatic carbocycles. The monoisotopic (exact) mass is 208 g/mol. The zero-order valence-electron chi connectivity index (χ0n) is 9.38. The lowest BCUT2D eigenvalue weighted by atomic mass is 9.97. The van der Waals surface area contributed by atoms with E-state index < -0.39 is 5.41 Å². The van der Waals surface area contributed by atoms with E-state index in [1.54, 1.807) is 11.3 Å². The Hall–Kier alpha value is -0.880. The van der Waals surface area contributed by atoms with Crippen molar-refractivity contribution in [2.45, 2.75) is 46.0 Å². The normalized spacial score (nSPS) is 11.8. The minimum atomic E-state index is -0.456. The summed E-state index contributed by atoms with van der Waals surface area (Å²) in [6.45, 7) is 10.2. The number of thiazole rings is 1. The molecule has 0 bridgehead atoms. The topological polar surface area (TPSA) is 36.7 Å². The second-order valence-corrected chi connectivity index (χ2v) is 5.39. The zero-order chi connectivity index (χ0) is 10.9. The van der Waals surface area contributed by atoms with E-state index in [-0.39, 0.29) is 0 Å². The molecule has 1 aromatic heterocycles. The minimum Gasteiger partial charge on any atom is -0.245 e. The molecule has 0 N–H and O–H groups in total. The maximum absolute atomic E-state index is 9.00. The van der Waals surface area contributed by atoms with Crippen LogP contribution in [0, 0.1) is 18.3 Å². The summed E-state index contributed by atoms with van der Waals surface area (Å²) in [5.74, 6) is 0.496. The van der Waals surface area contributed by atoms with Crippen LogP contribution in [0.5, 0.6) is 0 Å². The summed E-state index contributed by atoms with van der Waals surface area (Å²) >= 11 is 1.67. The second kappa shape index (κ2) is 3.70. The molecule has 2 nitrogen and oxygen atoms in total. The van der Waals surface area contributed by atoms with Gasteiger partial charge in [0.2, 0.25) is 0 Å². The summed E-state index contributed by atoms with van der Waals surface area (Å²) in [5.41, 5.74) is 0.617. The van der Waals surface area contributed by atoms with Crippen LogP contribution in [0.3, 0.4) is 0 Å². The molecule has 76 valence electrons. The first kappa shape index (κ1) is 11.2. The number of hydrogen-bond donors (Lipinski definition) is 0. The fraction of sp³-hybridized carbons (Fsp3) is 0.636. The lowest BCUT2D eigenvalue weighted by molar-refractivity contribution is 0.677. The van der Waals surface area contributed by atoms with Crippen LogP contribution in [0.25, 0.3) is 0 Å². The lowest BCUT2D eigenvalue weighted by Crippen LogP contribution is -2.13. The van der Waals surface area contributed by atoms with Gasteiger partial charge in [-0.15, -0.1) is 11.3 Å². The summed E-state index contributed by atoms with van der Waals surface area (Å²) < 4.78 is 0. The third-order valence-electron chi connectivity index (χ3n) is 2.17. The van der Waals surface area contributed by atoms with Gasteiger partial charge in [0.05, 0.1) is 11.8 Å². The number of rotatable bonds is 2. The zero-order valence-corrected chi connectivity index (χ0v) is 10.2. The summed E-state index contributed by atoms with van der Waals surface area (Å²) in [6, 6.07) is 2.28. The molecule has 0 amide bonds. The first-order valence-electron chi connectivity index (χ1n) is 4.77. The smallest absolute Gasteiger partial charge is 0.113 e. The number of aryl methyl sites for hydroxylation is 1. The average Bonchev–Trinajstić information content (AvgIpc) is 2.48. The first-order valence-corrected chi connectivity index (χ1v) is 5.59. The highest BCUT2D eigenvalue weighted by atomic mass is 32.1. The van der Waals surface area contributed by atoms with Crippen LogP contribution < -0.4 is 0 Å². The minimum absolute atomic E-state index is 0.456. The quantitative estimate of drug-likeness (QED) is 0.747. The van der Waals surface area contributed by atoms with Gasteiger partial charge in [-0.05, 0) is 26.7 Å². The molecule has 1 heterocycles. The Morgan fingerprint density at radius 1 is 1.43 bits per heavy atom. The summed E-state index contributed by atoms with van der Waals surface area (Å²) in [6.07, 6.45) is 0. The van der Waals surface area contributed by atoms with Gasteiger partial charge in [-0.2, -0.15) is 5.26 Å². The predicted molar refractivity (Wildman–Crippen MR) is 59.6 cm³/mol. The maximum Gasteiger partial charge on any atom is 0.113 e. The Balaban J connectivity index is 3.16. The second-order valence-electron chi connectivity index (χ2n) is 4.36. The van der Waals surface area contributed by atoms with E-state index in [1.165, 1.54) is 4.88 Å². The number of nitrogens with zero attached hydrogens (tertiary/aromatic N) is 2. The molecule has 14 heavy (non-hydrogen) atoms. The Morgan fingerprint density at radius 3 is 2.36 bits per heavy atom. The predicted octanol–water partition coefficient (Wildman–Crippen LogP) is 3.38. The molecular weight excluding hydrogens is 192 g/mol. The number of aromatic nitrogens is 1. The van der Waals surface area contributed by atoms with E-state index in [0.717, 1.165) is 10.7 Å². The summed E-state index contributed by atoms with van der Waals surface area (Å²) in [5, 5.41) is 9.93. The highest BCUT2D eigenvalue weighted by Gasteiger charge is 2.25. The van der Waals surface area contributed by atoms with Gasteiger partial charge in [-0.25, -0.2) is 4.98 Å². The fourth-order valence-electron chi connectivity index (χ4n) is 1.26. The van der Waals surface area contributed by atoms with Gasteiger partial charge in [-0.1, -0.05) is 13.8 Å². The van der Waals surface area contributed by atoms with Crippen molar-refractivity contribution in [2.75, 3.05) is 0 Å². The molecule has 0 atom stereocenters. The Morgan fingerprint density at radius 2 is 2.00 bits per heavy atom. The molecule has 0 unspecified atom stereocenters. The Labute approximate surface area is 89.6 Å². The molecule has 0 fully saturated rings. The standard InChI is InChI=1S/C11H16N2S/c1-7(2)9-8(3)13-10(14-9)11(4,5)6-12/h7H,1-5H3. The highest BCUT2D eigenvalue weighted by Crippen LogP contribution is 2.32. The molecule has 0 saturated carbocycles. The summed E-state index contributed by atoms with van der Waals surface area (Å²) in [7, 11) is 0. The lowest BCUT2D eigenvalue weighted by Gasteiger charge is -2.09. The average molecular weight is 208 g/mol. The van der Waals surface area contributed by atoms with Crippen molar-refractivity contribution in [3.8, 4) is 6.07 Å². The van der Waals surface area contributed by atoms with Crippen LogP contribution in [-0.2, 0) is 5.41 Å². The molecule has 0 radical (unpaired) electrons. The number of hydrogen-bond acceptors (Lipinski definition) is 3. The van der Waals surface area contributed by atoms with Crippen LogP contribution in [0.1, 0.15) is 49.2 Å². The van der Waals surface area contributed by atoms with Gasteiger partial charge in [0.15, 0.2) is 0 Å². The van der Waals surface area contributed by atoms with Crippen molar-refractivity contribution in [3.05, 3.63) is 15.6 Å². The number of nitriles is 1. The van der Waals surface area contributed by atoms with Gasteiger partial charge in [0.1, 0.15) is 10.4 Å². The third-order valence-corrected chi connectivity index (χ3v) is 3.95. The van der Waals surface area contributed by atoms with Crippen molar-refractivity contribution in [3.63, 3.8) is 0 Å². The molecular formula is C11H16N2S. The van der Waals surface area contributed by atoms with E-state index in [4.69, 9.17) is 5.26 Å². The van der Waals surface area contributed by atoms with Crippen LogP contribution in [0.2, 0.25) is 0 Å². The first-order chi connectivity index (χ1) is 6.38. The largest absolute Gasteiger partial charge is 0.245 e. The van der Waals surface area contributed by atoms with Crippen molar-refractivity contribution in [1.29, 1.82) is 5.26 Å². The Bertz CT molecular complexity index is 369. The van der Waals surface area contributed by atoms with E-state index in [2.05, 4.69) is 24.9 Å².